The number of carbonyl (C=O) groups excluding carboxylic acids is 3. The van der Waals surface area contributed by atoms with Crippen molar-refractivity contribution in [3.63, 3.8) is 0 Å². The summed E-state index contributed by atoms with van der Waals surface area (Å²) < 4.78 is -0.731. The van der Waals surface area contributed by atoms with E-state index >= 15 is 4.79 Å². The number of carbonyl (C=O) groups is 3. The third kappa shape index (κ3) is 5.89. The van der Waals surface area contributed by atoms with Crippen molar-refractivity contribution in [3.05, 3.63) is 25.3 Å². The van der Waals surface area contributed by atoms with Crippen molar-refractivity contribution in [2.45, 2.75) is 109 Å². The predicted molar refractivity (Wildman–Crippen MR) is 168 cm³/mol. The number of amides is 3. The molecule has 0 saturated carbocycles. The monoisotopic (exact) mass is 589 g/mol. The highest BCUT2D eigenvalue weighted by Crippen LogP contribution is 2.69. The molecule has 1 N–H and O–H groups in total. The Kier molecular flexibility index (Phi) is 10.2. The van der Waals surface area contributed by atoms with Gasteiger partial charge in [0.25, 0.3) is 0 Å². The van der Waals surface area contributed by atoms with Gasteiger partial charge in [-0.3, -0.25) is 14.4 Å². The summed E-state index contributed by atoms with van der Waals surface area (Å²) in [5, 5.41) is 10.6. The van der Waals surface area contributed by atoms with Crippen LogP contribution in [0.25, 0.3) is 0 Å². The third-order valence-corrected chi connectivity index (χ3v) is 11.5. The lowest BCUT2D eigenvalue weighted by molar-refractivity contribution is -0.150. The van der Waals surface area contributed by atoms with Gasteiger partial charge in [-0.25, -0.2) is 0 Å². The summed E-state index contributed by atoms with van der Waals surface area (Å²) in [5.74, 6) is -1.35. The molecule has 0 aromatic heterocycles. The number of thioether (sulfide) groups is 1. The van der Waals surface area contributed by atoms with Crippen LogP contribution in [0.2, 0.25) is 0 Å². The van der Waals surface area contributed by atoms with Crippen LogP contribution in [0.4, 0.5) is 0 Å². The largest absolute Gasteiger partial charge is 0.394 e. The molecule has 0 aliphatic carbocycles. The molecule has 7 atom stereocenters. The first-order valence-electron chi connectivity index (χ1n) is 15.5. The van der Waals surface area contributed by atoms with Gasteiger partial charge in [0, 0.05) is 30.4 Å². The Morgan fingerprint density at radius 3 is 2.24 bits per heavy atom. The van der Waals surface area contributed by atoms with E-state index in [4.69, 9.17) is 0 Å². The standard InChI is InChI=1S/C33H55N3O4S/c1-12-15-34(16-13-2)28(38)25-24-18-22(6)33(41-24)26(25)29(39)36(23(19-37)21(4)5)27(33)30(40)35(17-14-3)32(10,11)20-31(7,8)9/h12,14,21-27,37H,1,3,13,15-20H2,2,4-11H3/t22?,23-,24+,25-,26-,27?,33?/m0/s1. The SMILES string of the molecule is C=CCN(CCC)C(=O)[C@@H]1[C@H]2C(=O)N([C@@H](CO)C(C)C)C(C(=O)N(CC=C)C(C)(C)CC(C)(C)C)C23S[C@@H]1CC3C. The number of likely N-dealkylation sites (tertiary alicyclic amines) is 1. The number of aliphatic hydroxyl groups excluding tert-OH is 1. The van der Waals surface area contributed by atoms with Crippen molar-refractivity contribution in [1.29, 1.82) is 0 Å². The minimum absolute atomic E-state index is 0.00877. The fraction of sp³-hybridized carbons (Fsp3) is 0.788. The van der Waals surface area contributed by atoms with E-state index in [0.717, 1.165) is 19.3 Å². The van der Waals surface area contributed by atoms with Gasteiger partial charge in [0.1, 0.15) is 6.04 Å². The maximum atomic E-state index is 15.0. The molecule has 8 heteroatoms. The number of fused-ring (bicyclic) bond motifs is 1. The van der Waals surface area contributed by atoms with Gasteiger partial charge < -0.3 is 19.8 Å². The number of hydrogen-bond donors (Lipinski definition) is 1. The molecule has 0 aromatic carbocycles. The summed E-state index contributed by atoms with van der Waals surface area (Å²) >= 11 is 1.70. The van der Waals surface area contributed by atoms with Crippen LogP contribution in [0.1, 0.15) is 81.6 Å². The number of nitrogens with zero attached hydrogens (tertiary/aromatic N) is 3. The Morgan fingerprint density at radius 1 is 1.15 bits per heavy atom. The lowest BCUT2D eigenvalue weighted by Gasteiger charge is -2.48. The summed E-state index contributed by atoms with van der Waals surface area (Å²) in [7, 11) is 0. The molecule has 7 nitrogen and oxygen atoms in total. The van der Waals surface area contributed by atoms with E-state index in [0.29, 0.717) is 19.6 Å². The van der Waals surface area contributed by atoms with E-state index in [9.17, 15) is 14.7 Å². The zero-order chi connectivity index (χ0) is 31.1. The summed E-state index contributed by atoms with van der Waals surface area (Å²) in [6, 6.07) is -1.28. The zero-order valence-electron chi connectivity index (χ0n) is 27.0. The highest BCUT2D eigenvalue weighted by molar-refractivity contribution is 8.02. The van der Waals surface area contributed by atoms with Crippen molar-refractivity contribution < 1.29 is 19.5 Å². The average molecular weight is 590 g/mol. The number of aliphatic hydroxyl groups is 1. The van der Waals surface area contributed by atoms with Crippen molar-refractivity contribution in [2.75, 3.05) is 26.2 Å². The van der Waals surface area contributed by atoms with Gasteiger partial charge in [-0.15, -0.1) is 24.9 Å². The highest BCUT2D eigenvalue weighted by atomic mass is 32.2. The van der Waals surface area contributed by atoms with E-state index < -0.39 is 34.2 Å². The molecule has 3 rings (SSSR count). The summed E-state index contributed by atoms with van der Waals surface area (Å²) in [6.07, 6.45) is 5.87. The van der Waals surface area contributed by atoms with Gasteiger partial charge in [-0.1, -0.05) is 60.6 Å². The topological polar surface area (TPSA) is 81.2 Å². The summed E-state index contributed by atoms with van der Waals surface area (Å²) in [5.41, 5.74) is -0.527. The van der Waals surface area contributed by atoms with E-state index in [1.807, 2.05) is 30.6 Å². The van der Waals surface area contributed by atoms with E-state index in [2.05, 4.69) is 54.7 Å². The Morgan fingerprint density at radius 2 is 1.76 bits per heavy atom. The third-order valence-electron chi connectivity index (χ3n) is 9.44. The van der Waals surface area contributed by atoms with Crippen molar-refractivity contribution in [3.8, 4) is 0 Å². The van der Waals surface area contributed by atoms with Crippen LogP contribution in [0.5, 0.6) is 0 Å². The number of hydrogen-bond acceptors (Lipinski definition) is 5. The van der Waals surface area contributed by atoms with Crippen LogP contribution in [0.15, 0.2) is 25.3 Å². The molecule has 3 aliphatic heterocycles. The van der Waals surface area contributed by atoms with E-state index in [1.165, 1.54) is 0 Å². The molecule has 3 fully saturated rings. The zero-order valence-corrected chi connectivity index (χ0v) is 27.8. The Balaban J connectivity index is 2.20. The second kappa shape index (κ2) is 12.4. The van der Waals surface area contributed by atoms with Crippen LogP contribution >= 0.6 is 11.8 Å². The van der Waals surface area contributed by atoms with E-state index in [-0.39, 0.29) is 46.8 Å². The molecule has 3 saturated heterocycles. The molecule has 3 unspecified atom stereocenters. The molecule has 0 aromatic rings. The van der Waals surface area contributed by atoms with Crippen molar-refractivity contribution >= 4 is 29.5 Å². The van der Waals surface area contributed by atoms with Gasteiger partial charge in [0.15, 0.2) is 0 Å². The predicted octanol–water partition coefficient (Wildman–Crippen LogP) is 4.99. The Labute approximate surface area is 253 Å². The van der Waals surface area contributed by atoms with Gasteiger partial charge in [0.2, 0.25) is 17.7 Å². The fourth-order valence-electron chi connectivity index (χ4n) is 8.23. The second-order valence-corrected chi connectivity index (χ2v) is 16.2. The average Bonchev–Trinajstić information content (AvgIpc) is 3.44. The van der Waals surface area contributed by atoms with E-state index in [1.54, 1.807) is 28.8 Å². The molecule has 232 valence electrons. The second-order valence-electron chi connectivity index (χ2n) is 14.7. The van der Waals surface area contributed by atoms with Crippen LogP contribution in [-0.4, -0.2) is 91.4 Å². The van der Waals surface area contributed by atoms with Crippen LogP contribution < -0.4 is 0 Å². The molecule has 41 heavy (non-hydrogen) atoms. The summed E-state index contributed by atoms with van der Waals surface area (Å²) in [6.45, 7) is 27.9. The Hall–Kier alpha value is -1.80. The molecule has 1 spiro atoms. The quantitative estimate of drug-likeness (QED) is 0.306. The first-order chi connectivity index (χ1) is 19.0. The van der Waals surface area contributed by atoms with Gasteiger partial charge in [-0.05, 0) is 50.4 Å². The minimum atomic E-state index is -0.763. The maximum Gasteiger partial charge on any atom is 0.247 e. The molecule has 3 heterocycles. The molecular formula is C33H55N3O4S. The molecule has 3 amide bonds. The van der Waals surface area contributed by atoms with Gasteiger partial charge >= 0.3 is 0 Å². The first kappa shape index (κ1) is 33.7. The summed E-state index contributed by atoms with van der Waals surface area (Å²) in [4.78, 5) is 49.3. The minimum Gasteiger partial charge on any atom is -0.394 e. The lowest BCUT2D eigenvalue weighted by Crippen LogP contribution is -2.63. The molecule has 2 bridgehead atoms. The smallest absolute Gasteiger partial charge is 0.247 e. The highest BCUT2D eigenvalue weighted by Gasteiger charge is 2.77. The normalized spacial score (nSPS) is 30.0. The van der Waals surface area contributed by atoms with Crippen LogP contribution in [0, 0.1) is 29.1 Å². The van der Waals surface area contributed by atoms with Crippen molar-refractivity contribution in [2.24, 2.45) is 29.1 Å². The van der Waals surface area contributed by atoms with Crippen molar-refractivity contribution in [1.82, 2.24) is 14.7 Å². The fourth-order valence-corrected chi connectivity index (χ4v) is 10.6. The Bertz CT molecular complexity index is 1020. The van der Waals surface area contributed by atoms with Crippen LogP contribution in [0.3, 0.4) is 0 Å². The van der Waals surface area contributed by atoms with Gasteiger partial charge in [-0.2, -0.15) is 0 Å². The van der Waals surface area contributed by atoms with Gasteiger partial charge in [0.05, 0.1) is 29.2 Å². The maximum absolute atomic E-state index is 15.0. The molecular weight excluding hydrogens is 534 g/mol. The molecule has 3 aliphatic rings. The van der Waals surface area contributed by atoms with Crippen LogP contribution in [-0.2, 0) is 14.4 Å². The first-order valence-corrected chi connectivity index (χ1v) is 16.3. The molecule has 0 radical (unpaired) electrons. The lowest BCUT2D eigenvalue weighted by atomic mass is 9.65. The number of rotatable bonds is 13.